The molecule has 2 aromatic carbocycles. The van der Waals surface area contributed by atoms with Crippen molar-refractivity contribution in [2.45, 2.75) is 73.3 Å². The topological polar surface area (TPSA) is 47.4 Å². The summed E-state index contributed by atoms with van der Waals surface area (Å²) in [5.74, 6) is 2.20. The molecule has 1 aliphatic heterocycles. The Morgan fingerprint density at radius 2 is 1.71 bits per heavy atom. The van der Waals surface area contributed by atoms with Gasteiger partial charge in [-0.15, -0.1) is 0 Å². The summed E-state index contributed by atoms with van der Waals surface area (Å²) in [5, 5.41) is 0. The van der Waals surface area contributed by atoms with Gasteiger partial charge in [0, 0.05) is 29.5 Å². The number of aryl methyl sites for hydroxylation is 4. The van der Waals surface area contributed by atoms with Crippen LogP contribution in [0.4, 0.5) is 0 Å². The first-order valence-electron chi connectivity index (χ1n) is 12.8. The first-order chi connectivity index (χ1) is 16.9. The molecule has 3 aromatic rings. The summed E-state index contributed by atoms with van der Waals surface area (Å²) in [6, 6.07) is 13.0. The molecule has 4 rings (SSSR count). The molecule has 0 fully saturated rings. The van der Waals surface area contributed by atoms with E-state index < -0.39 is 0 Å². The van der Waals surface area contributed by atoms with Crippen LogP contribution in [0, 0.1) is 13.8 Å². The highest BCUT2D eigenvalue weighted by molar-refractivity contribution is 5.82. The third-order valence-corrected chi connectivity index (χ3v) is 6.87. The average molecular weight is 468 g/mol. The summed E-state index contributed by atoms with van der Waals surface area (Å²) in [6.07, 6.45) is 6.86. The minimum absolute atomic E-state index is 0.439. The van der Waals surface area contributed by atoms with E-state index in [0.717, 1.165) is 53.4 Å². The van der Waals surface area contributed by atoms with E-state index in [2.05, 4.69) is 89.0 Å². The van der Waals surface area contributed by atoms with Gasteiger partial charge in [0.25, 0.3) is 0 Å². The fraction of sp³-hybridized carbons (Fsp3) is 0.387. The van der Waals surface area contributed by atoms with Gasteiger partial charge in [0.05, 0.1) is 12.2 Å². The van der Waals surface area contributed by atoms with E-state index in [0.29, 0.717) is 19.1 Å². The van der Waals surface area contributed by atoms with Gasteiger partial charge in [0.1, 0.15) is 12.4 Å². The molecule has 0 amide bonds. The van der Waals surface area contributed by atoms with Crippen molar-refractivity contribution in [2.75, 3.05) is 6.54 Å². The predicted octanol–water partition coefficient (Wildman–Crippen LogP) is 7.45. The molecular weight excluding hydrogens is 430 g/mol. The molecule has 0 bridgehead atoms. The highest BCUT2D eigenvalue weighted by atomic mass is 16.5. The molecule has 0 aliphatic carbocycles. The number of aliphatic imine (C=N–C) groups is 1. The van der Waals surface area contributed by atoms with Crippen LogP contribution in [0.25, 0.3) is 17.0 Å². The molecule has 0 saturated carbocycles. The van der Waals surface area contributed by atoms with Crippen molar-refractivity contribution in [2.24, 2.45) is 4.99 Å². The normalized spacial score (nSPS) is 13.3. The van der Waals surface area contributed by atoms with Crippen molar-refractivity contribution in [1.82, 2.24) is 9.97 Å². The Labute approximate surface area is 210 Å². The fourth-order valence-corrected chi connectivity index (χ4v) is 4.63. The lowest BCUT2D eigenvalue weighted by Gasteiger charge is -2.20. The Morgan fingerprint density at radius 1 is 0.971 bits per heavy atom. The maximum atomic E-state index is 6.42. The molecule has 1 aromatic heterocycles. The van der Waals surface area contributed by atoms with E-state index in [1.165, 1.54) is 27.8 Å². The number of nitrogens with zero attached hydrogens (tertiary/aromatic N) is 3. The van der Waals surface area contributed by atoms with Gasteiger partial charge in [-0.1, -0.05) is 64.1 Å². The minimum atomic E-state index is 0.439. The Hall–Kier alpha value is -3.27. The summed E-state index contributed by atoms with van der Waals surface area (Å²) in [7, 11) is 0. The van der Waals surface area contributed by atoms with E-state index in [1.54, 1.807) is 0 Å². The highest BCUT2D eigenvalue weighted by Crippen LogP contribution is 2.32. The van der Waals surface area contributed by atoms with Gasteiger partial charge >= 0.3 is 0 Å². The van der Waals surface area contributed by atoms with Crippen molar-refractivity contribution in [1.29, 1.82) is 0 Å². The molecule has 2 heterocycles. The lowest BCUT2D eigenvalue weighted by molar-refractivity contribution is 0.301. The number of aromatic nitrogens is 2. The lowest BCUT2D eigenvalue weighted by atomic mass is 9.95. The summed E-state index contributed by atoms with van der Waals surface area (Å²) < 4.78 is 6.42. The minimum Gasteiger partial charge on any atom is -0.488 e. The largest absolute Gasteiger partial charge is 0.488 e. The van der Waals surface area contributed by atoms with Crippen LogP contribution in [0.5, 0.6) is 5.75 Å². The monoisotopic (exact) mass is 467 g/mol. The molecule has 0 radical (unpaired) electrons. The van der Waals surface area contributed by atoms with E-state index in [9.17, 15) is 0 Å². The maximum Gasteiger partial charge on any atom is 0.160 e. The van der Waals surface area contributed by atoms with E-state index in [4.69, 9.17) is 14.7 Å². The Kier molecular flexibility index (Phi) is 7.80. The molecular formula is C31H37N3O. The van der Waals surface area contributed by atoms with Gasteiger partial charge < -0.3 is 4.74 Å². The number of dihydropyridines is 1. The van der Waals surface area contributed by atoms with Crippen LogP contribution in [-0.2, 0) is 19.4 Å². The van der Waals surface area contributed by atoms with Crippen molar-refractivity contribution in [3.05, 3.63) is 81.7 Å². The van der Waals surface area contributed by atoms with Crippen LogP contribution < -0.4 is 4.74 Å². The third kappa shape index (κ3) is 5.37. The van der Waals surface area contributed by atoms with Gasteiger partial charge in [0.2, 0.25) is 0 Å². The standard InChI is InChI=1S/C31H37N3O/c1-7-23-10-9-11-24(8-2)29(23)31-33-22(6)27(30(34-31)25-14-16-32-17-15-25)19-35-28-18-26(20(3)4)13-12-21(28)5/h9-14,17-18,20H,7-8,15-16,19H2,1-6H3. The second kappa shape index (κ2) is 11.0. The predicted molar refractivity (Wildman–Crippen MR) is 147 cm³/mol. The van der Waals surface area contributed by atoms with Crippen LogP contribution in [0.1, 0.15) is 79.2 Å². The number of hydrogen-bond acceptors (Lipinski definition) is 4. The SMILES string of the molecule is CCc1cccc(CC)c1-c1nc(C)c(COc2cc(C(C)C)ccc2C)c(C2=CCN=CC2)n1. The number of benzene rings is 2. The highest BCUT2D eigenvalue weighted by Gasteiger charge is 2.20. The lowest BCUT2D eigenvalue weighted by Crippen LogP contribution is -2.11. The molecule has 0 N–H and O–H groups in total. The smallest absolute Gasteiger partial charge is 0.160 e. The van der Waals surface area contributed by atoms with Crippen molar-refractivity contribution < 1.29 is 4.74 Å². The van der Waals surface area contributed by atoms with Crippen molar-refractivity contribution >= 4 is 11.8 Å². The second-order valence-corrected chi connectivity index (χ2v) is 9.57. The van der Waals surface area contributed by atoms with E-state index >= 15 is 0 Å². The van der Waals surface area contributed by atoms with Crippen LogP contribution in [0.15, 0.2) is 47.5 Å². The van der Waals surface area contributed by atoms with Crippen molar-refractivity contribution in [3.8, 4) is 17.1 Å². The van der Waals surface area contributed by atoms with Crippen LogP contribution >= 0.6 is 0 Å². The molecule has 0 atom stereocenters. The average Bonchev–Trinajstić information content (AvgIpc) is 2.88. The summed E-state index contributed by atoms with van der Waals surface area (Å²) in [5.41, 5.74) is 10.4. The molecule has 0 saturated heterocycles. The van der Waals surface area contributed by atoms with Gasteiger partial charge in [-0.05, 0) is 66.5 Å². The first kappa shape index (κ1) is 24.8. The zero-order chi connectivity index (χ0) is 24.9. The number of allylic oxidation sites excluding steroid dienone is 1. The van der Waals surface area contributed by atoms with Gasteiger partial charge in [-0.3, -0.25) is 4.99 Å². The van der Waals surface area contributed by atoms with Crippen LogP contribution in [0.3, 0.4) is 0 Å². The fourth-order valence-electron chi connectivity index (χ4n) is 4.63. The summed E-state index contributed by atoms with van der Waals surface area (Å²) in [4.78, 5) is 14.6. The summed E-state index contributed by atoms with van der Waals surface area (Å²) >= 11 is 0. The van der Waals surface area contributed by atoms with Crippen LogP contribution in [0.2, 0.25) is 0 Å². The van der Waals surface area contributed by atoms with Crippen molar-refractivity contribution in [3.63, 3.8) is 0 Å². The number of hydrogen-bond donors (Lipinski definition) is 0. The number of rotatable bonds is 8. The zero-order valence-corrected chi connectivity index (χ0v) is 22.0. The van der Waals surface area contributed by atoms with Gasteiger partial charge in [-0.2, -0.15) is 0 Å². The maximum absolute atomic E-state index is 6.42. The Balaban J connectivity index is 1.79. The van der Waals surface area contributed by atoms with E-state index in [1.807, 2.05) is 6.21 Å². The van der Waals surface area contributed by atoms with E-state index in [-0.39, 0.29) is 0 Å². The molecule has 35 heavy (non-hydrogen) atoms. The molecule has 182 valence electrons. The van der Waals surface area contributed by atoms with Crippen LogP contribution in [-0.4, -0.2) is 22.7 Å². The molecule has 1 aliphatic rings. The van der Waals surface area contributed by atoms with Gasteiger partial charge in [0.15, 0.2) is 5.82 Å². The zero-order valence-electron chi connectivity index (χ0n) is 22.0. The quantitative estimate of drug-likeness (QED) is 0.346. The number of ether oxygens (including phenoxy) is 1. The Morgan fingerprint density at radius 3 is 2.34 bits per heavy atom. The van der Waals surface area contributed by atoms with Gasteiger partial charge in [-0.25, -0.2) is 9.97 Å². The summed E-state index contributed by atoms with van der Waals surface area (Å²) in [6.45, 7) is 14.1. The first-order valence-corrected chi connectivity index (χ1v) is 12.8. The molecule has 4 heteroatoms. The molecule has 0 unspecified atom stereocenters. The molecule has 0 spiro atoms. The molecule has 4 nitrogen and oxygen atoms in total. The second-order valence-electron chi connectivity index (χ2n) is 9.57. The Bertz CT molecular complexity index is 1250. The third-order valence-electron chi connectivity index (χ3n) is 6.87.